The van der Waals surface area contributed by atoms with Crippen molar-refractivity contribution in [3.8, 4) is 28.0 Å². The lowest BCUT2D eigenvalue weighted by molar-refractivity contribution is -0.160. The van der Waals surface area contributed by atoms with Crippen molar-refractivity contribution < 1.29 is 28.2 Å². The van der Waals surface area contributed by atoms with Crippen molar-refractivity contribution in [1.29, 1.82) is 0 Å². The van der Waals surface area contributed by atoms with Gasteiger partial charge in [-0.25, -0.2) is 13.6 Å². The van der Waals surface area contributed by atoms with Gasteiger partial charge in [-0.15, -0.1) is 0 Å². The first-order valence-corrected chi connectivity index (χ1v) is 16.3. The Morgan fingerprint density at radius 2 is 1.72 bits per heavy atom. The molecule has 1 atom stereocenters. The van der Waals surface area contributed by atoms with Crippen LogP contribution in [0.5, 0.6) is 5.75 Å². The lowest BCUT2D eigenvalue weighted by atomic mass is 9.84. The number of carboxylic acid groups (broad SMARTS) is 1. The molecule has 6 rings (SSSR count). The van der Waals surface area contributed by atoms with E-state index in [2.05, 4.69) is 23.1 Å². The largest absolute Gasteiger partial charge is 0.490 e. The van der Waals surface area contributed by atoms with Crippen LogP contribution in [0.25, 0.3) is 22.3 Å². The lowest BCUT2D eigenvalue weighted by Gasteiger charge is -2.31. The Morgan fingerprint density at radius 1 is 0.957 bits per heavy atom. The van der Waals surface area contributed by atoms with Crippen LogP contribution in [-0.4, -0.2) is 39.7 Å². The number of ether oxygens (including phenoxy) is 2. The van der Waals surface area contributed by atoms with Gasteiger partial charge in [-0.2, -0.15) is 0 Å². The number of rotatable bonds is 7. The molecular formula is C39H42F2N2O4. The highest BCUT2D eigenvalue weighted by molar-refractivity contribution is 5.91. The van der Waals surface area contributed by atoms with Crippen molar-refractivity contribution in [2.75, 3.05) is 13.2 Å². The van der Waals surface area contributed by atoms with Gasteiger partial charge >= 0.3 is 5.97 Å². The number of aromatic nitrogens is 1. The zero-order valence-electron chi connectivity index (χ0n) is 28.0. The van der Waals surface area contributed by atoms with E-state index in [1.165, 1.54) is 23.3 Å². The second kappa shape index (κ2) is 12.8. The van der Waals surface area contributed by atoms with Gasteiger partial charge in [0, 0.05) is 42.1 Å². The smallest absolute Gasteiger partial charge is 0.337 e. The van der Waals surface area contributed by atoms with Gasteiger partial charge in [0.15, 0.2) is 17.7 Å². The topological polar surface area (TPSA) is 71.9 Å². The van der Waals surface area contributed by atoms with Crippen LogP contribution in [0, 0.1) is 32.4 Å². The van der Waals surface area contributed by atoms with Crippen LogP contribution in [0.1, 0.15) is 78.1 Å². The summed E-state index contributed by atoms with van der Waals surface area (Å²) in [5, 5.41) is 10.5. The Bertz CT molecular complexity index is 1860. The summed E-state index contributed by atoms with van der Waals surface area (Å²) in [5.41, 5.74) is 8.96. The maximum absolute atomic E-state index is 15.7. The summed E-state index contributed by atoms with van der Waals surface area (Å²) in [6.07, 6.45) is 0.937. The molecule has 8 heteroatoms. The summed E-state index contributed by atoms with van der Waals surface area (Å²) >= 11 is 0. The Hall–Kier alpha value is -4.14. The number of halogens is 2. The molecule has 4 aromatic rings. The highest BCUT2D eigenvalue weighted by Crippen LogP contribution is 2.45. The molecule has 3 heterocycles. The first-order valence-electron chi connectivity index (χ1n) is 16.3. The zero-order valence-corrected chi connectivity index (χ0v) is 28.0. The predicted molar refractivity (Wildman–Crippen MR) is 179 cm³/mol. The van der Waals surface area contributed by atoms with Gasteiger partial charge in [-0.05, 0) is 130 Å². The highest BCUT2D eigenvalue weighted by Gasteiger charge is 2.34. The highest BCUT2D eigenvalue weighted by atomic mass is 19.1. The van der Waals surface area contributed by atoms with Gasteiger partial charge in [0.05, 0.1) is 12.2 Å². The number of pyridine rings is 1. The molecule has 47 heavy (non-hydrogen) atoms. The van der Waals surface area contributed by atoms with Crippen LogP contribution in [-0.2, 0) is 35.5 Å². The number of hydrogen-bond acceptors (Lipinski definition) is 5. The molecule has 1 aromatic heterocycles. The molecule has 0 spiro atoms. The Labute approximate surface area is 275 Å². The fourth-order valence-corrected chi connectivity index (χ4v) is 6.98. The van der Waals surface area contributed by atoms with Gasteiger partial charge in [-0.1, -0.05) is 24.3 Å². The van der Waals surface area contributed by atoms with E-state index in [9.17, 15) is 14.3 Å². The van der Waals surface area contributed by atoms with Crippen LogP contribution in [0.2, 0.25) is 0 Å². The second-order valence-corrected chi connectivity index (χ2v) is 13.8. The standard InChI is InChI=1S/C39H42F2N2O4/c1-22-16-31(40)12-11-28(22)20-43-14-13-25-17-26(9-10-29(25)21-43)33-23(2)42-24(3)34(37(38(44)45)47-39(4,5)6)35(33)30-18-27-8-7-15-46-36(27)32(41)19-30/h9-12,16-19,37H,7-8,13-15,20-21H2,1-6H3,(H,44,45)/t37-/m0/s1. The van der Waals surface area contributed by atoms with Crippen LogP contribution in [0.4, 0.5) is 8.78 Å². The molecule has 0 radical (unpaired) electrons. The maximum atomic E-state index is 15.7. The third kappa shape index (κ3) is 6.81. The first kappa shape index (κ1) is 32.8. The summed E-state index contributed by atoms with van der Waals surface area (Å²) in [4.78, 5) is 20.1. The monoisotopic (exact) mass is 640 g/mol. The second-order valence-electron chi connectivity index (χ2n) is 13.8. The van der Waals surface area contributed by atoms with Crippen LogP contribution in [0.3, 0.4) is 0 Å². The van der Waals surface area contributed by atoms with Crippen molar-refractivity contribution in [3.05, 3.63) is 105 Å². The quantitative estimate of drug-likeness (QED) is 0.219. The molecule has 0 aliphatic carbocycles. The fraction of sp³-hybridized carbons (Fsp3) is 0.385. The van der Waals surface area contributed by atoms with Gasteiger partial charge in [0.2, 0.25) is 0 Å². The van der Waals surface area contributed by atoms with Gasteiger partial charge in [0.25, 0.3) is 0 Å². The number of nitrogens with zero attached hydrogens (tertiary/aromatic N) is 2. The molecule has 6 nitrogen and oxygen atoms in total. The first-order chi connectivity index (χ1) is 22.3. The average molecular weight is 641 g/mol. The summed E-state index contributed by atoms with van der Waals surface area (Å²) in [7, 11) is 0. The van der Waals surface area contributed by atoms with Crippen molar-refractivity contribution >= 4 is 5.97 Å². The molecule has 0 amide bonds. The van der Waals surface area contributed by atoms with E-state index in [-0.39, 0.29) is 11.6 Å². The molecule has 0 saturated heterocycles. The van der Waals surface area contributed by atoms with Crippen LogP contribution in [0.15, 0.2) is 48.5 Å². The van der Waals surface area contributed by atoms with E-state index >= 15 is 4.39 Å². The SMILES string of the molecule is Cc1cc(F)ccc1CN1CCc2cc(-c3c(C)nc(C)c([C@H](OC(C)(C)C)C(=O)O)c3-c3cc(F)c4c(c3)CCCO4)ccc2C1. The molecule has 2 aliphatic heterocycles. The molecule has 0 unspecified atom stereocenters. The van der Waals surface area contributed by atoms with Gasteiger partial charge in [0.1, 0.15) is 5.82 Å². The molecular weight excluding hydrogens is 598 g/mol. The van der Waals surface area contributed by atoms with Crippen molar-refractivity contribution in [1.82, 2.24) is 9.88 Å². The Kier molecular flexibility index (Phi) is 8.94. The number of carbonyl (C=O) groups is 1. The van der Waals surface area contributed by atoms with E-state index in [1.807, 2.05) is 46.8 Å². The third-order valence-corrected chi connectivity index (χ3v) is 9.10. The number of carboxylic acids is 1. The van der Waals surface area contributed by atoms with Crippen molar-refractivity contribution in [2.45, 2.75) is 85.6 Å². The molecule has 2 aliphatic rings. The van der Waals surface area contributed by atoms with E-state index < -0.39 is 23.5 Å². The van der Waals surface area contributed by atoms with Crippen LogP contribution < -0.4 is 4.74 Å². The van der Waals surface area contributed by atoms with E-state index in [4.69, 9.17) is 14.5 Å². The molecule has 3 aromatic carbocycles. The van der Waals surface area contributed by atoms with Crippen molar-refractivity contribution in [3.63, 3.8) is 0 Å². The summed E-state index contributed by atoms with van der Waals surface area (Å²) in [6.45, 7) is 13.9. The number of aliphatic carboxylic acids is 1. The van der Waals surface area contributed by atoms with Gasteiger partial charge < -0.3 is 14.6 Å². The zero-order chi connectivity index (χ0) is 33.6. The number of fused-ring (bicyclic) bond motifs is 2. The number of aryl methyl sites for hydroxylation is 4. The number of hydrogen-bond donors (Lipinski definition) is 1. The minimum atomic E-state index is -1.33. The van der Waals surface area contributed by atoms with E-state index in [0.29, 0.717) is 35.4 Å². The normalized spacial score (nSPS) is 15.5. The fourth-order valence-electron chi connectivity index (χ4n) is 6.98. The minimum absolute atomic E-state index is 0.225. The van der Waals surface area contributed by atoms with E-state index in [1.54, 1.807) is 13.0 Å². The molecule has 1 N–H and O–H groups in total. The summed E-state index contributed by atoms with van der Waals surface area (Å²) in [5.74, 6) is -1.56. The lowest BCUT2D eigenvalue weighted by Crippen LogP contribution is -2.30. The molecule has 0 bridgehead atoms. The number of benzene rings is 3. The summed E-state index contributed by atoms with van der Waals surface area (Å²) < 4.78 is 41.2. The Morgan fingerprint density at radius 3 is 2.45 bits per heavy atom. The van der Waals surface area contributed by atoms with Crippen molar-refractivity contribution in [2.24, 2.45) is 0 Å². The minimum Gasteiger partial charge on any atom is -0.490 e. The summed E-state index contributed by atoms with van der Waals surface area (Å²) in [6, 6.07) is 14.7. The maximum Gasteiger partial charge on any atom is 0.337 e. The van der Waals surface area contributed by atoms with E-state index in [0.717, 1.165) is 66.0 Å². The average Bonchev–Trinajstić information content (AvgIpc) is 3.00. The molecule has 0 saturated carbocycles. The predicted octanol–water partition coefficient (Wildman–Crippen LogP) is 8.44. The molecule has 0 fully saturated rings. The molecule has 246 valence electrons. The Balaban J connectivity index is 1.48. The third-order valence-electron chi connectivity index (χ3n) is 9.10. The van der Waals surface area contributed by atoms with Gasteiger partial charge in [-0.3, -0.25) is 9.88 Å². The van der Waals surface area contributed by atoms with Crippen LogP contribution >= 0.6 is 0 Å².